The summed E-state index contributed by atoms with van der Waals surface area (Å²) in [6, 6.07) is 1.92. The normalized spacial score (nSPS) is 23.2. The maximum atomic E-state index is 16.5. The van der Waals surface area contributed by atoms with E-state index in [9.17, 15) is 13.2 Å². The zero-order valence-electron chi connectivity index (χ0n) is 23.0. The molecule has 1 atom stereocenters. The van der Waals surface area contributed by atoms with Crippen molar-refractivity contribution in [3.05, 3.63) is 40.7 Å². The van der Waals surface area contributed by atoms with Gasteiger partial charge < -0.3 is 20.1 Å². The van der Waals surface area contributed by atoms with Gasteiger partial charge in [-0.05, 0) is 50.8 Å². The van der Waals surface area contributed by atoms with Crippen molar-refractivity contribution in [2.75, 3.05) is 44.0 Å². The Morgan fingerprint density at radius 2 is 1.95 bits per heavy atom. The maximum absolute atomic E-state index is 16.5. The van der Waals surface area contributed by atoms with Gasteiger partial charge in [0.1, 0.15) is 29.0 Å². The second-order valence-electron chi connectivity index (χ2n) is 11.9. The number of nitrogen functional groups attached to an aromatic ring is 1. The molecule has 42 heavy (non-hydrogen) atoms. The van der Waals surface area contributed by atoms with Crippen LogP contribution in [-0.2, 0) is 6.18 Å². The molecule has 3 fully saturated rings. The molecule has 0 radical (unpaired) electrons. The molecule has 0 amide bonds. The first-order valence-corrected chi connectivity index (χ1v) is 14.3. The summed E-state index contributed by atoms with van der Waals surface area (Å²) in [5, 5.41) is -0.487. The molecule has 1 aromatic carbocycles. The number of pyridine rings is 1. The van der Waals surface area contributed by atoms with Crippen LogP contribution in [0, 0.1) is 5.82 Å². The minimum Gasteiger partial charge on any atom is -0.477 e. The van der Waals surface area contributed by atoms with E-state index in [1.165, 1.54) is 0 Å². The lowest BCUT2D eigenvalue weighted by Crippen LogP contribution is -2.43. The van der Waals surface area contributed by atoms with Gasteiger partial charge in [0.05, 0.1) is 22.7 Å². The molecular weight excluding hydrogens is 576 g/mol. The van der Waals surface area contributed by atoms with Crippen LogP contribution >= 0.6 is 11.6 Å². The molecule has 222 valence electrons. The number of ether oxygens (including phenoxy) is 2. The highest BCUT2D eigenvalue weighted by Gasteiger charge is 2.49. The molecule has 1 spiro atoms. The number of anilines is 2. The quantitative estimate of drug-likeness (QED) is 0.220. The van der Waals surface area contributed by atoms with Gasteiger partial charge in [-0.2, -0.15) is 23.1 Å². The van der Waals surface area contributed by atoms with E-state index in [0.717, 1.165) is 62.9 Å². The van der Waals surface area contributed by atoms with Crippen molar-refractivity contribution in [3.8, 4) is 23.1 Å². The average Bonchev–Trinajstić information content (AvgIpc) is 3.51. The second-order valence-corrected chi connectivity index (χ2v) is 12.3. The molecule has 3 aromatic rings. The first-order valence-electron chi connectivity index (χ1n) is 13.9. The van der Waals surface area contributed by atoms with Crippen LogP contribution in [-0.4, -0.2) is 64.3 Å². The van der Waals surface area contributed by atoms with Gasteiger partial charge in [-0.3, -0.25) is 4.90 Å². The Kier molecular flexibility index (Phi) is 6.08. The van der Waals surface area contributed by atoms with Gasteiger partial charge in [-0.15, -0.1) is 0 Å². The second kappa shape index (κ2) is 9.31. The van der Waals surface area contributed by atoms with Gasteiger partial charge in [0.2, 0.25) is 5.88 Å². The van der Waals surface area contributed by atoms with E-state index in [2.05, 4.69) is 21.4 Å². The fourth-order valence-electron chi connectivity index (χ4n) is 6.90. The van der Waals surface area contributed by atoms with Crippen molar-refractivity contribution in [2.24, 2.45) is 0 Å². The molecule has 13 heteroatoms. The van der Waals surface area contributed by atoms with Crippen LogP contribution in [0.3, 0.4) is 0 Å². The lowest BCUT2D eigenvalue weighted by molar-refractivity contribution is -0.137. The Morgan fingerprint density at radius 1 is 1.17 bits per heavy atom. The smallest absolute Gasteiger partial charge is 0.418 e. The Bertz CT molecular complexity index is 1650. The largest absolute Gasteiger partial charge is 0.477 e. The van der Waals surface area contributed by atoms with E-state index >= 15 is 4.39 Å². The van der Waals surface area contributed by atoms with Gasteiger partial charge in [0.25, 0.3) is 0 Å². The Labute approximate surface area is 244 Å². The highest BCUT2D eigenvalue weighted by Crippen LogP contribution is 2.51. The van der Waals surface area contributed by atoms with Crippen molar-refractivity contribution in [2.45, 2.75) is 55.8 Å². The number of nitrogens with zero attached hydrogens (tertiary/aromatic N) is 5. The minimum absolute atomic E-state index is 0.0652. The molecule has 2 N–H and O–H groups in total. The van der Waals surface area contributed by atoms with E-state index < -0.39 is 33.8 Å². The molecule has 5 heterocycles. The Morgan fingerprint density at radius 3 is 2.69 bits per heavy atom. The van der Waals surface area contributed by atoms with Gasteiger partial charge >= 0.3 is 12.2 Å². The summed E-state index contributed by atoms with van der Waals surface area (Å²) in [5.41, 5.74) is 3.74. The van der Waals surface area contributed by atoms with Gasteiger partial charge in [-0.1, -0.05) is 23.8 Å². The lowest BCUT2D eigenvalue weighted by Gasteiger charge is -2.33. The van der Waals surface area contributed by atoms with E-state index in [4.69, 9.17) is 31.8 Å². The minimum atomic E-state index is -4.91. The number of rotatable bonds is 4. The third kappa shape index (κ3) is 4.24. The lowest BCUT2D eigenvalue weighted by atomic mass is 9.94. The zero-order chi connectivity index (χ0) is 29.6. The Hall–Kier alpha value is -3.38. The number of halogens is 5. The predicted molar refractivity (Wildman–Crippen MR) is 150 cm³/mol. The zero-order valence-corrected chi connectivity index (χ0v) is 23.7. The number of alkyl halides is 3. The number of benzene rings is 1. The summed E-state index contributed by atoms with van der Waals surface area (Å²) < 4.78 is 71.2. The highest BCUT2D eigenvalue weighted by atomic mass is 35.5. The molecule has 1 saturated carbocycles. The van der Waals surface area contributed by atoms with Crippen LogP contribution in [0.25, 0.3) is 22.2 Å². The van der Waals surface area contributed by atoms with E-state index in [0.29, 0.717) is 12.2 Å². The molecule has 1 aliphatic carbocycles. The highest BCUT2D eigenvalue weighted by molar-refractivity contribution is 6.32. The van der Waals surface area contributed by atoms with E-state index in [-0.39, 0.29) is 52.8 Å². The SMILES string of the molecule is C=C1CN2CCC[C@@]2(COc2nc3c4c(nc(-c5cc(N)cc(Cl)c5C(F)(F)F)c(F)c4n2)OCCC2(CC2)N3C)C1. The molecule has 8 nitrogen and oxygen atoms in total. The fraction of sp³-hybridized carbons (Fsp3) is 0.483. The molecule has 2 saturated heterocycles. The first-order chi connectivity index (χ1) is 19.9. The third-order valence-electron chi connectivity index (χ3n) is 9.23. The molecule has 4 aliphatic rings. The molecule has 0 bridgehead atoms. The van der Waals surface area contributed by atoms with Gasteiger partial charge in [0, 0.05) is 36.8 Å². The molecule has 3 aliphatic heterocycles. The number of hydrogen-bond acceptors (Lipinski definition) is 8. The van der Waals surface area contributed by atoms with Crippen molar-refractivity contribution in [1.29, 1.82) is 0 Å². The summed E-state index contributed by atoms with van der Waals surface area (Å²) >= 11 is 5.99. The van der Waals surface area contributed by atoms with Gasteiger partial charge in [0.15, 0.2) is 5.82 Å². The summed E-state index contributed by atoms with van der Waals surface area (Å²) in [6.45, 7) is 6.41. The van der Waals surface area contributed by atoms with Crippen LogP contribution in [0.2, 0.25) is 5.02 Å². The molecule has 0 unspecified atom stereocenters. The number of nitrogens with two attached hydrogens (primary N) is 1. The predicted octanol–water partition coefficient (Wildman–Crippen LogP) is 6.01. The average molecular weight is 605 g/mol. The van der Waals surface area contributed by atoms with Crippen molar-refractivity contribution in [1.82, 2.24) is 19.9 Å². The summed E-state index contributed by atoms with van der Waals surface area (Å²) in [5.74, 6) is -0.783. The third-order valence-corrected chi connectivity index (χ3v) is 9.53. The topological polar surface area (TPSA) is 89.6 Å². The van der Waals surface area contributed by atoms with E-state index in [1.807, 2.05) is 11.9 Å². The first kappa shape index (κ1) is 27.5. The molecular formula is C29H29ClF4N6O2. The maximum Gasteiger partial charge on any atom is 0.418 e. The summed E-state index contributed by atoms with van der Waals surface area (Å²) in [6.07, 6.45) is 0.262. The van der Waals surface area contributed by atoms with Crippen LogP contribution in [0.5, 0.6) is 11.9 Å². The summed E-state index contributed by atoms with van der Waals surface area (Å²) in [7, 11) is 1.87. The van der Waals surface area contributed by atoms with Crippen molar-refractivity contribution < 1.29 is 27.0 Å². The standard InChI is InChI=1S/C29H29ClF4N6O2/c1-15-12-28(4-3-8-40(28)13-15)14-42-26-37-23-19-24(38-26)39(2)27(5-6-27)7-9-41-25(19)36-22(21(23)31)17-10-16(35)11-18(30)20(17)29(32,33)34/h10-11H,1,3-9,12-14,35H2,2H3/t28-/m0/s1. The van der Waals surface area contributed by atoms with Crippen LogP contribution in [0.1, 0.15) is 44.1 Å². The fourth-order valence-corrected chi connectivity index (χ4v) is 7.24. The number of hydrogen-bond donors (Lipinski definition) is 1. The molecule has 7 rings (SSSR count). The summed E-state index contributed by atoms with van der Waals surface area (Å²) in [4.78, 5) is 17.7. The molecule has 2 aromatic heterocycles. The van der Waals surface area contributed by atoms with Crippen LogP contribution in [0.4, 0.5) is 29.1 Å². The van der Waals surface area contributed by atoms with Crippen LogP contribution < -0.4 is 20.1 Å². The monoisotopic (exact) mass is 604 g/mol. The number of fused-ring (bicyclic) bond motifs is 1. The van der Waals surface area contributed by atoms with Crippen molar-refractivity contribution >= 4 is 34.0 Å². The van der Waals surface area contributed by atoms with Crippen LogP contribution in [0.15, 0.2) is 24.3 Å². The number of aromatic nitrogens is 3. The van der Waals surface area contributed by atoms with Gasteiger partial charge in [-0.25, -0.2) is 9.37 Å². The Balaban J connectivity index is 1.42. The van der Waals surface area contributed by atoms with E-state index in [1.54, 1.807) is 0 Å². The van der Waals surface area contributed by atoms with Crippen molar-refractivity contribution in [3.63, 3.8) is 0 Å².